The first-order valence-electron chi connectivity index (χ1n) is 10.3. The van der Waals surface area contributed by atoms with Gasteiger partial charge in [-0.15, -0.1) is 0 Å². The monoisotopic (exact) mass is 432 g/mol. The highest BCUT2D eigenvalue weighted by Gasteiger charge is 2.14. The van der Waals surface area contributed by atoms with E-state index in [1.54, 1.807) is 25.5 Å². The number of fused-ring (bicyclic) bond motifs is 1. The molecule has 0 atom stereocenters. The van der Waals surface area contributed by atoms with Crippen molar-refractivity contribution in [3.63, 3.8) is 0 Å². The van der Waals surface area contributed by atoms with Gasteiger partial charge in [-0.3, -0.25) is 9.78 Å². The topological polar surface area (TPSA) is 108 Å². The van der Waals surface area contributed by atoms with Gasteiger partial charge in [0.1, 0.15) is 23.7 Å². The Kier molecular flexibility index (Phi) is 6.37. The van der Waals surface area contributed by atoms with Crippen molar-refractivity contribution in [2.45, 2.75) is 26.5 Å². The predicted molar refractivity (Wildman–Crippen MR) is 120 cm³/mol. The van der Waals surface area contributed by atoms with Crippen LogP contribution in [-0.4, -0.2) is 22.7 Å². The minimum atomic E-state index is -0.349. The van der Waals surface area contributed by atoms with Crippen molar-refractivity contribution >= 4 is 16.9 Å². The molecule has 0 aliphatic heterocycles. The molecule has 7 nitrogen and oxygen atoms in total. The Morgan fingerprint density at radius 3 is 2.84 bits per heavy atom. The summed E-state index contributed by atoms with van der Waals surface area (Å²) in [6, 6.07) is 14.4. The van der Waals surface area contributed by atoms with Crippen LogP contribution in [0.15, 0.2) is 65.4 Å². The smallest absolute Gasteiger partial charge is 0.310 e. The maximum Gasteiger partial charge on any atom is 0.310 e. The van der Waals surface area contributed by atoms with Crippen LogP contribution in [0.4, 0.5) is 0 Å². The highest BCUT2D eigenvalue weighted by atomic mass is 16.5. The lowest BCUT2D eigenvalue weighted by molar-refractivity contribution is -0.142. The number of esters is 1. The highest BCUT2D eigenvalue weighted by Crippen LogP contribution is 2.32. The fraction of sp³-hybridized carbons (Fsp3) is 0.200. The van der Waals surface area contributed by atoms with E-state index in [4.69, 9.17) is 19.6 Å². The summed E-state index contributed by atoms with van der Waals surface area (Å²) in [7, 11) is 0. The zero-order valence-corrected chi connectivity index (χ0v) is 17.7. The minimum Gasteiger partial charge on any atom is -0.508 e. The van der Waals surface area contributed by atoms with Gasteiger partial charge >= 0.3 is 5.97 Å². The number of pyridine rings is 1. The van der Waals surface area contributed by atoms with E-state index in [-0.39, 0.29) is 24.7 Å². The Hall–Kier alpha value is -3.84. The second-order valence-corrected chi connectivity index (χ2v) is 7.28. The van der Waals surface area contributed by atoms with Crippen molar-refractivity contribution in [3.8, 4) is 22.6 Å². The van der Waals surface area contributed by atoms with E-state index < -0.39 is 0 Å². The lowest BCUT2D eigenvalue weighted by atomic mass is 10.0. The lowest BCUT2D eigenvalue weighted by Crippen LogP contribution is -2.09. The second kappa shape index (κ2) is 9.53. The van der Waals surface area contributed by atoms with Crippen molar-refractivity contribution in [3.05, 3.63) is 77.8 Å². The summed E-state index contributed by atoms with van der Waals surface area (Å²) in [5, 5.41) is 10.8. The van der Waals surface area contributed by atoms with Crippen molar-refractivity contribution in [2.75, 3.05) is 6.61 Å². The number of aromatic nitrogens is 1. The Morgan fingerprint density at radius 1 is 1.16 bits per heavy atom. The lowest BCUT2D eigenvalue weighted by Gasteiger charge is -2.13. The molecule has 4 aromatic rings. The third-order valence-electron chi connectivity index (χ3n) is 5.03. The molecule has 2 heterocycles. The maximum atomic E-state index is 11.9. The van der Waals surface area contributed by atoms with Crippen molar-refractivity contribution in [1.82, 2.24) is 4.98 Å². The summed E-state index contributed by atoms with van der Waals surface area (Å²) in [6.45, 7) is 2.65. The van der Waals surface area contributed by atoms with Crippen LogP contribution < -0.4 is 10.5 Å². The van der Waals surface area contributed by atoms with Crippen molar-refractivity contribution in [2.24, 2.45) is 5.73 Å². The first-order chi connectivity index (χ1) is 15.6. The molecular weight excluding hydrogens is 408 g/mol. The number of nitrogens with zero attached hydrogens (tertiary/aromatic N) is 1. The molecular formula is C25H24N2O5. The molecule has 0 saturated carbocycles. The Labute approximate surface area is 185 Å². The van der Waals surface area contributed by atoms with Gasteiger partial charge in [-0.2, -0.15) is 0 Å². The molecule has 2 aromatic carbocycles. The minimum absolute atomic E-state index is 0.0599. The second-order valence-electron chi connectivity index (χ2n) is 7.28. The number of phenolic OH excluding ortho intramolecular Hbond substituents is 1. The van der Waals surface area contributed by atoms with Crippen molar-refractivity contribution < 1.29 is 23.8 Å². The van der Waals surface area contributed by atoms with E-state index >= 15 is 0 Å². The van der Waals surface area contributed by atoms with Crippen LogP contribution in [0.1, 0.15) is 23.7 Å². The molecule has 0 aliphatic carbocycles. The first-order valence-corrected chi connectivity index (χ1v) is 10.3. The first kappa shape index (κ1) is 21.4. The Balaban J connectivity index is 1.63. The summed E-state index contributed by atoms with van der Waals surface area (Å²) in [6.07, 6.45) is 3.44. The van der Waals surface area contributed by atoms with Gasteiger partial charge in [0.05, 0.1) is 25.0 Å². The van der Waals surface area contributed by atoms with E-state index in [0.717, 1.165) is 33.4 Å². The van der Waals surface area contributed by atoms with Gasteiger partial charge in [-0.25, -0.2) is 0 Å². The van der Waals surface area contributed by atoms with Gasteiger partial charge in [0.25, 0.3) is 0 Å². The number of phenols is 1. The van der Waals surface area contributed by atoms with Crippen LogP contribution in [0.2, 0.25) is 0 Å². The molecule has 4 rings (SSSR count). The average molecular weight is 432 g/mol. The molecule has 3 N–H and O–H groups in total. The van der Waals surface area contributed by atoms with Crippen LogP contribution >= 0.6 is 0 Å². The largest absolute Gasteiger partial charge is 0.508 e. The number of ether oxygens (including phenoxy) is 2. The molecule has 0 aliphatic rings. The fourth-order valence-electron chi connectivity index (χ4n) is 3.55. The number of benzene rings is 2. The number of rotatable bonds is 8. The number of nitrogens with two attached hydrogens (primary N) is 1. The van der Waals surface area contributed by atoms with Gasteiger partial charge in [0.2, 0.25) is 0 Å². The van der Waals surface area contributed by atoms with Gasteiger partial charge in [-0.1, -0.05) is 6.07 Å². The molecule has 0 amide bonds. The summed E-state index contributed by atoms with van der Waals surface area (Å²) in [5.74, 6) is 0.143. The molecule has 32 heavy (non-hydrogen) atoms. The molecule has 0 bridgehead atoms. The molecule has 0 spiro atoms. The van der Waals surface area contributed by atoms with E-state index in [9.17, 15) is 9.90 Å². The standard InChI is InChI=1S/C25H24N2O5/c1-2-30-24(29)12-18-3-4-21(28)13-23(18)32-15-16-9-19-6-8-31-25(19)22(10-16)17-5-7-27-20(11-17)14-26/h3-11,13,28H,2,12,14-15,26H2,1H3. The number of carbonyl (C=O) groups excluding carboxylic acids is 1. The Morgan fingerprint density at radius 2 is 2.03 bits per heavy atom. The Bertz CT molecular complexity index is 1250. The summed E-state index contributed by atoms with van der Waals surface area (Å²) >= 11 is 0. The van der Waals surface area contributed by atoms with Crippen LogP contribution in [0, 0.1) is 0 Å². The molecule has 0 unspecified atom stereocenters. The normalized spacial score (nSPS) is 10.9. The van der Waals surface area contributed by atoms with Gasteiger partial charge in [0, 0.05) is 35.3 Å². The number of aromatic hydroxyl groups is 1. The zero-order chi connectivity index (χ0) is 22.5. The van der Waals surface area contributed by atoms with Crippen LogP contribution in [0.3, 0.4) is 0 Å². The van der Waals surface area contributed by atoms with Gasteiger partial charge in [-0.05, 0) is 54.4 Å². The number of hydrogen-bond acceptors (Lipinski definition) is 7. The molecule has 0 fully saturated rings. The van der Waals surface area contributed by atoms with E-state index in [0.29, 0.717) is 24.5 Å². The predicted octanol–water partition coefficient (Wildman–Crippen LogP) is 4.34. The zero-order valence-electron chi connectivity index (χ0n) is 17.7. The third-order valence-corrected chi connectivity index (χ3v) is 5.03. The number of carbonyl (C=O) groups is 1. The SMILES string of the molecule is CCOC(=O)Cc1ccc(O)cc1OCc1cc(-c2ccnc(CN)c2)c2occc2c1. The molecule has 164 valence electrons. The van der Waals surface area contributed by atoms with E-state index in [1.807, 2.05) is 30.3 Å². The molecule has 7 heteroatoms. The number of hydrogen-bond donors (Lipinski definition) is 2. The highest BCUT2D eigenvalue weighted by molar-refractivity contribution is 5.93. The summed E-state index contributed by atoms with van der Waals surface area (Å²) in [5.41, 5.74) is 10.7. The van der Waals surface area contributed by atoms with Crippen LogP contribution in [0.5, 0.6) is 11.5 Å². The fourth-order valence-corrected chi connectivity index (χ4v) is 3.55. The summed E-state index contributed by atoms with van der Waals surface area (Å²) < 4.78 is 16.8. The molecule has 0 radical (unpaired) electrons. The molecule has 0 saturated heterocycles. The van der Waals surface area contributed by atoms with Gasteiger partial charge < -0.3 is 24.7 Å². The molecule has 2 aromatic heterocycles. The van der Waals surface area contributed by atoms with E-state index in [2.05, 4.69) is 4.98 Å². The summed E-state index contributed by atoms with van der Waals surface area (Å²) in [4.78, 5) is 16.2. The third kappa shape index (κ3) is 4.73. The average Bonchev–Trinajstić information content (AvgIpc) is 3.27. The van der Waals surface area contributed by atoms with Crippen LogP contribution in [0.25, 0.3) is 22.1 Å². The number of furan rings is 1. The van der Waals surface area contributed by atoms with Crippen molar-refractivity contribution in [1.29, 1.82) is 0 Å². The maximum absolute atomic E-state index is 11.9. The van der Waals surface area contributed by atoms with Gasteiger partial charge in [0.15, 0.2) is 0 Å². The van der Waals surface area contributed by atoms with Crippen LogP contribution in [-0.2, 0) is 29.1 Å². The van der Waals surface area contributed by atoms with E-state index in [1.165, 1.54) is 12.1 Å². The quantitative estimate of drug-likeness (QED) is 0.399.